The second kappa shape index (κ2) is 8.13. The van der Waals surface area contributed by atoms with Gasteiger partial charge >= 0.3 is 6.09 Å². The third kappa shape index (κ3) is 4.19. The summed E-state index contributed by atoms with van der Waals surface area (Å²) < 4.78 is 5.06. The molecule has 29 heavy (non-hydrogen) atoms. The van der Waals surface area contributed by atoms with Gasteiger partial charge in [-0.05, 0) is 56.7 Å². The van der Waals surface area contributed by atoms with Crippen LogP contribution < -0.4 is 15.4 Å². The number of imidazole rings is 1. The molecule has 4 rings (SSSR count). The molecule has 1 amide bonds. The Morgan fingerprint density at radius 3 is 2.62 bits per heavy atom. The number of hydrogen-bond acceptors (Lipinski definition) is 5. The van der Waals surface area contributed by atoms with Gasteiger partial charge in [0, 0.05) is 43.5 Å². The fourth-order valence-electron chi connectivity index (χ4n) is 3.88. The molecule has 0 unspecified atom stereocenters. The minimum Gasteiger partial charge on any atom is -0.408 e. The number of aromatic nitrogens is 2. The largest absolute Gasteiger partial charge is 0.410 e. The highest BCUT2D eigenvalue weighted by molar-refractivity contribution is 5.87. The second-order valence-electron chi connectivity index (χ2n) is 7.68. The number of nitrogens with two attached hydrogens (primary N) is 1. The van der Waals surface area contributed by atoms with E-state index in [1.807, 2.05) is 6.07 Å². The van der Waals surface area contributed by atoms with Crippen molar-refractivity contribution in [1.29, 1.82) is 0 Å². The van der Waals surface area contributed by atoms with E-state index in [1.54, 1.807) is 12.1 Å². The summed E-state index contributed by atoms with van der Waals surface area (Å²) >= 11 is 0. The zero-order valence-corrected chi connectivity index (χ0v) is 16.9. The lowest BCUT2D eigenvalue weighted by atomic mass is 10.2. The van der Waals surface area contributed by atoms with E-state index < -0.39 is 6.09 Å². The van der Waals surface area contributed by atoms with E-state index in [0.717, 1.165) is 43.1 Å². The normalized spacial score (nSPS) is 15.6. The van der Waals surface area contributed by atoms with E-state index in [1.165, 1.54) is 12.1 Å². The number of anilines is 1. The molecule has 1 aliphatic rings. The zero-order valence-electron chi connectivity index (χ0n) is 16.9. The van der Waals surface area contributed by atoms with Crippen molar-refractivity contribution in [2.45, 2.75) is 26.3 Å². The molecule has 3 N–H and O–H groups in total. The molecule has 1 saturated heterocycles. The molecule has 2 aromatic carbocycles. The van der Waals surface area contributed by atoms with Crippen molar-refractivity contribution in [3.05, 3.63) is 42.5 Å². The van der Waals surface area contributed by atoms with E-state index in [9.17, 15) is 4.79 Å². The molecule has 152 valence electrons. The topological polar surface area (TPSA) is 87.5 Å². The molecular weight excluding hydrogens is 366 g/mol. The predicted octanol–water partition coefficient (Wildman–Crippen LogP) is 3.61. The Balaban J connectivity index is 1.54. The lowest BCUT2D eigenvalue weighted by molar-refractivity contribution is 0.211. The number of hydrogen-bond donors (Lipinski definition) is 2. The molecule has 0 bridgehead atoms. The number of carbonyl (C=O) groups is 1. The number of primary amides is 1. The van der Waals surface area contributed by atoms with Crippen molar-refractivity contribution in [2.24, 2.45) is 5.73 Å². The monoisotopic (exact) mass is 393 g/mol. The first-order valence-electron chi connectivity index (χ1n) is 10.1. The molecule has 0 spiro atoms. The Kier molecular flexibility index (Phi) is 5.40. The summed E-state index contributed by atoms with van der Waals surface area (Å²) in [4.78, 5) is 24.0. The van der Waals surface area contributed by atoms with E-state index in [0.29, 0.717) is 17.3 Å². The number of fused-ring (bicyclic) bond motifs is 1. The third-order valence-electron chi connectivity index (χ3n) is 5.45. The highest BCUT2D eigenvalue weighted by Gasteiger charge is 2.17. The predicted molar refractivity (Wildman–Crippen MR) is 115 cm³/mol. The maximum absolute atomic E-state index is 11.1. The van der Waals surface area contributed by atoms with Crippen molar-refractivity contribution in [1.82, 2.24) is 14.9 Å². The molecule has 7 nitrogen and oxygen atoms in total. The lowest BCUT2D eigenvalue weighted by Gasteiger charge is -2.25. The van der Waals surface area contributed by atoms with Gasteiger partial charge in [0.25, 0.3) is 0 Å². The van der Waals surface area contributed by atoms with Gasteiger partial charge in [-0.25, -0.2) is 9.78 Å². The number of aromatic amines is 1. The van der Waals surface area contributed by atoms with E-state index in [2.05, 4.69) is 57.9 Å². The van der Waals surface area contributed by atoms with Crippen LogP contribution in [0.1, 0.15) is 20.3 Å². The molecule has 7 heteroatoms. The van der Waals surface area contributed by atoms with Gasteiger partial charge in [-0.1, -0.05) is 6.07 Å². The minimum absolute atomic E-state index is 0.355. The Morgan fingerprint density at radius 2 is 1.90 bits per heavy atom. The maximum Gasteiger partial charge on any atom is 0.410 e. The number of H-pyrrole nitrogens is 1. The first kappa shape index (κ1) is 19.3. The van der Waals surface area contributed by atoms with Gasteiger partial charge < -0.3 is 20.4 Å². The summed E-state index contributed by atoms with van der Waals surface area (Å²) in [5.41, 5.74) is 8.75. The zero-order chi connectivity index (χ0) is 20.4. The number of para-hydroxylation sites is 1. The van der Waals surface area contributed by atoms with Crippen LogP contribution in [0.3, 0.4) is 0 Å². The highest BCUT2D eigenvalue weighted by Crippen LogP contribution is 2.28. The van der Waals surface area contributed by atoms with Crippen LogP contribution in [0.2, 0.25) is 0 Å². The van der Waals surface area contributed by atoms with Crippen molar-refractivity contribution in [3.8, 4) is 17.1 Å². The number of ether oxygens (including phenoxy) is 1. The molecule has 1 fully saturated rings. The highest BCUT2D eigenvalue weighted by atomic mass is 16.5. The first-order valence-corrected chi connectivity index (χ1v) is 10.1. The summed E-state index contributed by atoms with van der Waals surface area (Å²) in [5.74, 6) is 1.09. The fraction of sp³-hybridized carbons (Fsp3) is 0.364. The first-order chi connectivity index (χ1) is 14.0. The van der Waals surface area contributed by atoms with Crippen LogP contribution in [0.5, 0.6) is 5.75 Å². The van der Waals surface area contributed by atoms with E-state index in [4.69, 9.17) is 10.5 Å². The Labute approximate surface area is 170 Å². The van der Waals surface area contributed by atoms with Gasteiger partial charge in [-0.15, -0.1) is 0 Å². The number of carbonyl (C=O) groups excluding carboxylic acids is 1. The second-order valence-corrected chi connectivity index (χ2v) is 7.68. The quantitative estimate of drug-likeness (QED) is 0.707. The Bertz CT molecular complexity index is 996. The Hall–Kier alpha value is -3.06. The molecule has 0 aliphatic carbocycles. The summed E-state index contributed by atoms with van der Waals surface area (Å²) in [6.07, 6.45) is 0.325. The molecule has 0 radical (unpaired) electrons. The van der Waals surface area contributed by atoms with Crippen molar-refractivity contribution < 1.29 is 9.53 Å². The summed E-state index contributed by atoms with van der Waals surface area (Å²) in [5, 5.41) is 0. The number of amides is 1. The average molecular weight is 393 g/mol. The van der Waals surface area contributed by atoms with Crippen LogP contribution in [0, 0.1) is 0 Å². The lowest BCUT2D eigenvalue weighted by Crippen LogP contribution is -2.35. The smallest absolute Gasteiger partial charge is 0.408 e. The fourth-order valence-corrected chi connectivity index (χ4v) is 3.88. The van der Waals surface area contributed by atoms with Crippen molar-refractivity contribution >= 4 is 22.8 Å². The van der Waals surface area contributed by atoms with Crippen molar-refractivity contribution in [3.63, 3.8) is 0 Å². The molecular formula is C22H27N5O2. The van der Waals surface area contributed by atoms with Crippen LogP contribution >= 0.6 is 0 Å². The van der Waals surface area contributed by atoms with Gasteiger partial charge in [0.1, 0.15) is 11.3 Å². The van der Waals surface area contributed by atoms with Gasteiger partial charge in [0.15, 0.2) is 5.75 Å². The third-order valence-corrected chi connectivity index (χ3v) is 5.45. The minimum atomic E-state index is -0.847. The van der Waals surface area contributed by atoms with E-state index >= 15 is 0 Å². The maximum atomic E-state index is 11.1. The summed E-state index contributed by atoms with van der Waals surface area (Å²) in [6.45, 7) is 8.87. The van der Waals surface area contributed by atoms with Crippen LogP contribution in [-0.2, 0) is 0 Å². The summed E-state index contributed by atoms with van der Waals surface area (Å²) in [6, 6.07) is 14.4. The van der Waals surface area contributed by atoms with Crippen LogP contribution in [-0.4, -0.2) is 53.2 Å². The van der Waals surface area contributed by atoms with Crippen LogP contribution in [0.4, 0.5) is 10.5 Å². The van der Waals surface area contributed by atoms with Crippen LogP contribution in [0.15, 0.2) is 42.5 Å². The number of nitrogens with one attached hydrogen (secondary N) is 1. The summed E-state index contributed by atoms with van der Waals surface area (Å²) in [7, 11) is 0. The molecule has 0 saturated carbocycles. The van der Waals surface area contributed by atoms with Gasteiger partial charge in [0.05, 0.1) is 5.52 Å². The van der Waals surface area contributed by atoms with Crippen molar-refractivity contribution in [2.75, 3.05) is 31.1 Å². The van der Waals surface area contributed by atoms with Crippen LogP contribution in [0.25, 0.3) is 22.4 Å². The van der Waals surface area contributed by atoms with Gasteiger partial charge in [-0.2, -0.15) is 0 Å². The number of benzene rings is 2. The average Bonchev–Trinajstić information content (AvgIpc) is 2.98. The Morgan fingerprint density at radius 1 is 1.10 bits per heavy atom. The number of rotatable bonds is 4. The standard InChI is InChI=1S/C22H27N5O2/c1-15(2)26-11-4-12-27(14-13-26)17-9-7-16(8-10-17)21-24-18-5-3-6-19(20(18)25-21)29-22(23)28/h3,5-10,15H,4,11-14H2,1-2H3,(H2,23,28)(H,24,25). The SMILES string of the molecule is CC(C)N1CCCN(c2ccc(-c3nc4c(OC(N)=O)cccc4[nH]3)cc2)CC1. The molecule has 2 heterocycles. The molecule has 1 aliphatic heterocycles. The number of nitrogens with zero attached hydrogens (tertiary/aromatic N) is 3. The molecule has 0 atom stereocenters. The van der Waals surface area contributed by atoms with Gasteiger partial charge in [-0.3, -0.25) is 4.90 Å². The van der Waals surface area contributed by atoms with E-state index in [-0.39, 0.29) is 0 Å². The molecule has 3 aromatic rings. The van der Waals surface area contributed by atoms with Gasteiger partial charge in [0.2, 0.25) is 0 Å². The molecule has 1 aromatic heterocycles.